The highest BCUT2D eigenvalue weighted by Gasteiger charge is 2.18. The van der Waals surface area contributed by atoms with E-state index in [0.717, 1.165) is 36.8 Å². The lowest BCUT2D eigenvalue weighted by molar-refractivity contribution is -0.107. The second kappa shape index (κ2) is 15.1. The summed E-state index contributed by atoms with van der Waals surface area (Å²) in [7, 11) is 1.71. The van der Waals surface area contributed by atoms with Gasteiger partial charge in [-0.1, -0.05) is 64.5 Å². The Hall–Kier alpha value is -2.83. The molecule has 1 aromatic rings. The van der Waals surface area contributed by atoms with E-state index in [4.69, 9.17) is 10.5 Å². The standard InChI is InChI=1S/C20H31N5O2.C2H6/c1-6-9-12-27-20-23-18(21)17(22-5)19(24-20)25(14-26)13-16(8-3)11-10-15(4)7-2;1-2/h8,10-11,14,22H,4,6-7,9,12-13H2,1-3,5H3,(H2,21,23,24);1-2H3/b11-10-,16-8+;. The summed E-state index contributed by atoms with van der Waals surface area (Å²) < 4.78 is 5.57. The van der Waals surface area contributed by atoms with Crippen molar-refractivity contribution in [2.24, 2.45) is 0 Å². The van der Waals surface area contributed by atoms with Crippen LogP contribution in [0.3, 0.4) is 0 Å². The third-order valence-electron chi connectivity index (χ3n) is 3.99. The summed E-state index contributed by atoms with van der Waals surface area (Å²) in [5.74, 6) is 0.617. The highest BCUT2D eigenvalue weighted by molar-refractivity contribution is 5.86. The van der Waals surface area contributed by atoms with Gasteiger partial charge < -0.3 is 15.8 Å². The first kappa shape index (κ1) is 26.2. The summed E-state index contributed by atoms with van der Waals surface area (Å²) in [6, 6.07) is 0.165. The number of aromatic nitrogens is 2. The predicted octanol–water partition coefficient (Wildman–Crippen LogP) is 4.74. The summed E-state index contributed by atoms with van der Waals surface area (Å²) in [5.41, 5.74) is 8.48. The molecule has 0 aliphatic carbocycles. The molecule has 1 heterocycles. The maximum absolute atomic E-state index is 11.8. The number of hydrogen-bond donors (Lipinski definition) is 2. The number of rotatable bonds is 12. The van der Waals surface area contributed by atoms with E-state index in [0.29, 0.717) is 24.7 Å². The van der Waals surface area contributed by atoms with Crippen molar-refractivity contribution in [2.75, 3.05) is 36.1 Å². The van der Waals surface area contributed by atoms with Gasteiger partial charge in [0.05, 0.1) is 13.2 Å². The van der Waals surface area contributed by atoms with Gasteiger partial charge in [0.2, 0.25) is 6.41 Å². The highest BCUT2D eigenvalue weighted by Crippen LogP contribution is 2.30. The Morgan fingerprint density at radius 1 is 1.28 bits per heavy atom. The van der Waals surface area contributed by atoms with E-state index in [9.17, 15) is 4.79 Å². The first-order valence-corrected chi connectivity index (χ1v) is 10.2. The van der Waals surface area contributed by atoms with Gasteiger partial charge in [0.25, 0.3) is 0 Å². The fourth-order valence-electron chi connectivity index (χ4n) is 2.21. The normalized spacial score (nSPS) is 10.9. The van der Waals surface area contributed by atoms with Crippen molar-refractivity contribution < 1.29 is 9.53 Å². The third-order valence-corrected chi connectivity index (χ3v) is 3.99. The van der Waals surface area contributed by atoms with Crippen LogP contribution in [0, 0.1) is 0 Å². The minimum absolute atomic E-state index is 0.165. The van der Waals surface area contributed by atoms with Gasteiger partial charge in [-0.05, 0) is 25.3 Å². The Labute approximate surface area is 175 Å². The van der Waals surface area contributed by atoms with Gasteiger partial charge in [-0.3, -0.25) is 9.69 Å². The number of unbranched alkanes of at least 4 members (excludes halogenated alkanes) is 1. The molecule has 0 saturated carbocycles. The number of allylic oxidation sites excluding steroid dienone is 3. The maximum Gasteiger partial charge on any atom is 0.320 e. The van der Waals surface area contributed by atoms with Crippen molar-refractivity contribution in [1.82, 2.24) is 9.97 Å². The van der Waals surface area contributed by atoms with Crippen LogP contribution in [0.4, 0.5) is 17.3 Å². The molecule has 162 valence electrons. The molecule has 29 heavy (non-hydrogen) atoms. The molecular formula is C22H37N5O2. The summed E-state index contributed by atoms with van der Waals surface area (Å²) in [5, 5.41) is 2.97. The average molecular weight is 404 g/mol. The van der Waals surface area contributed by atoms with Crippen LogP contribution in [0.15, 0.2) is 36.0 Å². The predicted molar refractivity (Wildman–Crippen MR) is 123 cm³/mol. The van der Waals surface area contributed by atoms with Crippen LogP contribution in [-0.4, -0.2) is 36.6 Å². The van der Waals surface area contributed by atoms with Crippen molar-refractivity contribution in [2.45, 2.75) is 53.9 Å². The van der Waals surface area contributed by atoms with Crippen LogP contribution >= 0.6 is 0 Å². The largest absolute Gasteiger partial charge is 0.463 e. The van der Waals surface area contributed by atoms with Gasteiger partial charge in [-0.25, -0.2) is 0 Å². The number of nitrogens with zero attached hydrogens (tertiary/aromatic N) is 3. The monoisotopic (exact) mass is 403 g/mol. The summed E-state index contributed by atoms with van der Waals surface area (Å²) in [4.78, 5) is 21.8. The molecule has 0 fully saturated rings. The van der Waals surface area contributed by atoms with Crippen LogP contribution in [0.2, 0.25) is 0 Å². The zero-order valence-corrected chi connectivity index (χ0v) is 18.8. The van der Waals surface area contributed by atoms with Crippen LogP contribution in [-0.2, 0) is 4.79 Å². The van der Waals surface area contributed by atoms with Crippen LogP contribution in [0.25, 0.3) is 0 Å². The fraction of sp³-hybridized carbons (Fsp3) is 0.500. The Morgan fingerprint density at radius 2 is 1.97 bits per heavy atom. The molecule has 1 aromatic heterocycles. The molecular weight excluding hydrogens is 366 g/mol. The zero-order valence-electron chi connectivity index (χ0n) is 18.8. The molecule has 0 unspecified atom stereocenters. The van der Waals surface area contributed by atoms with Gasteiger partial charge in [0, 0.05) is 7.05 Å². The minimum atomic E-state index is 0.165. The number of carbonyl (C=O) groups is 1. The van der Waals surface area contributed by atoms with Crippen molar-refractivity contribution in [1.29, 1.82) is 0 Å². The third kappa shape index (κ3) is 8.81. The van der Waals surface area contributed by atoms with Crippen LogP contribution < -0.4 is 20.7 Å². The number of nitrogens with one attached hydrogen (secondary N) is 1. The van der Waals surface area contributed by atoms with Crippen LogP contribution in [0.1, 0.15) is 53.9 Å². The SMILES string of the molecule is C=C(/C=C\C(=C/C)CN(C=O)c1nc(OCCCC)nc(N)c1NC)CC.CC. The number of nitrogen functional groups attached to an aromatic ring is 1. The highest BCUT2D eigenvalue weighted by atomic mass is 16.5. The lowest BCUT2D eigenvalue weighted by Gasteiger charge is -2.21. The van der Waals surface area contributed by atoms with Gasteiger partial charge in [0.15, 0.2) is 11.6 Å². The van der Waals surface area contributed by atoms with Gasteiger partial charge in [-0.15, -0.1) is 0 Å². The molecule has 0 spiro atoms. The summed E-state index contributed by atoms with van der Waals surface area (Å²) in [6.07, 6.45) is 9.32. The lowest BCUT2D eigenvalue weighted by atomic mass is 10.1. The first-order valence-electron chi connectivity index (χ1n) is 10.2. The fourth-order valence-corrected chi connectivity index (χ4v) is 2.21. The second-order valence-electron chi connectivity index (χ2n) is 5.98. The van der Waals surface area contributed by atoms with Crippen molar-refractivity contribution in [3.05, 3.63) is 36.0 Å². The molecule has 0 atom stereocenters. The molecule has 3 N–H and O–H groups in total. The minimum Gasteiger partial charge on any atom is -0.463 e. The molecule has 0 aliphatic rings. The molecule has 1 amide bonds. The quantitative estimate of drug-likeness (QED) is 0.297. The van der Waals surface area contributed by atoms with Gasteiger partial charge >= 0.3 is 6.01 Å². The Morgan fingerprint density at radius 3 is 2.48 bits per heavy atom. The summed E-state index contributed by atoms with van der Waals surface area (Å²) in [6.45, 7) is 14.8. The average Bonchev–Trinajstić information content (AvgIpc) is 2.75. The number of nitrogens with two attached hydrogens (primary N) is 1. The Balaban J connectivity index is 0.00000379. The molecule has 0 saturated heterocycles. The van der Waals surface area contributed by atoms with E-state index in [1.54, 1.807) is 7.05 Å². The maximum atomic E-state index is 11.8. The number of amides is 1. The number of ether oxygens (including phenoxy) is 1. The Kier molecular flexibility index (Phi) is 13.7. The first-order chi connectivity index (χ1) is 14.0. The van der Waals surface area contributed by atoms with E-state index < -0.39 is 0 Å². The van der Waals surface area contributed by atoms with E-state index in [1.165, 1.54) is 4.90 Å². The smallest absolute Gasteiger partial charge is 0.320 e. The van der Waals surface area contributed by atoms with Gasteiger partial charge in [0.1, 0.15) is 5.69 Å². The van der Waals surface area contributed by atoms with Crippen molar-refractivity contribution >= 4 is 23.7 Å². The number of hydrogen-bond acceptors (Lipinski definition) is 6. The van der Waals surface area contributed by atoms with Crippen molar-refractivity contribution in [3.63, 3.8) is 0 Å². The zero-order chi connectivity index (χ0) is 22.2. The van der Waals surface area contributed by atoms with E-state index in [1.807, 2.05) is 45.9 Å². The topological polar surface area (TPSA) is 93.4 Å². The second-order valence-corrected chi connectivity index (χ2v) is 5.98. The van der Waals surface area contributed by atoms with E-state index in [2.05, 4.69) is 28.8 Å². The van der Waals surface area contributed by atoms with E-state index in [-0.39, 0.29) is 11.8 Å². The van der Waals surface area contributed by atoms with E-state index >= 15 is 0 Å². The van der Waals surface area contributed by atoms with Crippen molar-refractivity contribution in [3.8, 4) is 6.01 Å². The molecule has 0 bridgehead atoms. The molecule has 7 nitrogen and oxygen atoms in total. The number of carbonyl (C=O) groups excluding carboxylic acids is 1. The Bertz CT molecular complexity index is 699. The van der Waals surface area contributed by atoms with Crippen LogP contribution in [0.5, 0.6) is 6.01 Å². The molecule has 0 aromatic carbocycles. The number of anilines is 3. The molecule has 1 rings (SSSR count). The molecule has 7 heteroatoms. The molecule has 0 aliphatic heterocycles. The lowest BCUT2D eigenvalue weighted by Crippen LogP contribution is -2.26. The molecule has 0 radical (unpaired) electrons. The van der Waals surface area contributed by atoms with Gasteiger partial charge in [-0.2, -0.15) is 9.97 Å². The summed E-state index contributed by atoms with van der Waals surface area (Å²) >= 11 is 0.